The molecule has 1 aliphatic rings. The second kappa shape index (κ2) is 9.97. The van der Waals surface area contributed by atoms with Gasteiger partial charge in [-0.05, 0) is 51.7 Å². The molecule has 0 aliphatic carbocycles. The molecular formula is C29H30N8. The van der Waals surface area contributed by atoms with Gasteiger partial charge in [-0.1, -0.05) is 61.9 Å². The van der Waals surface area contributed by atoms with Crippen LogP contribution >= 0.6 is 0 Å². The maximum atomic E-state index is 5.03. The Kier molecular flexibility index (Phi) is 6.22. The Balaban J connectivity index is 1.34. The first kappa shape index (κ1) is 23.1. The van der Waals surface area contributed by atoms with Gasteiger partial charge in [-0.2, -0.15) is 0 Å². The van der Waals surface area contributed by atoms with Gasteiger partial charge in [-0.15, -0.1) is 5.10 Å². The SMILES string of the molecule is CCCCc1nc2ccc(C3=NCCN3C)cc2n1Cc1ccc(-c2ccccc2-c2nnn[nH]2)cc1. The Hall–Kier alpha value is -4.33. The lowest BCUT2D eigenvalue weighted by atomic mass is 9.98. The molecule has 3 aromatic carbocycles. The second-order valence-electron chi connectivity index (χ2n) is 9.54. The summed E-state index contributed by atoms with van der Waals surface area (Å²) in [5, 5.41) is 14.5. The average molecular weight is 491 g/mol. The molecule has 1 aliphatic heterocycles. The molecule has 8 nitrogen and oxygen atoms in total. The Morgan fingerprint density at radius 1 is 0.946 bits per heavy atom. The van der Waals surface area contributed by atoms with Crippen molar-refractivity contribution in [1.82, 2.24) is 35.1 Å². The summed E-state index contributed by atoms with van der Waals surface area (Å²) >= 11 is 0. The van der Waals surface area contributed by atoms with Crippen LogP contribution in [0.1, 0.15) is 36.7 Å². The molecule has 0 fully saturated rings. The molecule has 0 radical (unpaired) electrons. The highest BCUT2D eigenvalue weighted by Gasteiger charge is 2.18. The van der Waals surface area contributed by atoms with Gasteiger partial charge in [0.05, 0.1) is 17.6 Å². The molecule has 37 heavy (non-hydrogen) atoms. The molecular weight excluding hydrogens is 460 g/mol. The predicted molar refractivity (Wildman–Crippen MR) is 147 cm³/mol. The first-order valence-corrected chi connectivity index (χ1v) is 12.9. The van der Waals surface area contributed by atoms with E-state index in [4.69, 9.17) is 9.98 Å². The number of nitrogens with zero attached hydrogens (tertiary/aromatic N) is 7. The first-order valence-electron chi connectivity index (χ1n) is 12.9. The van der Waals surface area contributed by atoms with Crippen LogP contribution in [0.4, 0.5) is 0 Å². The molecule has 2 aromatic heterocycles. The smallest absolute Gasteiger partial charge is 0.180 e. The first-order chi connectivity index (χ1) is 18.2. The van der Waals surface area contributed by atoms with Crippen molar-refractivity contribution in [3.05, 3.63) is 83.7 Å². The minimum absolute atomic E-state index is 0.665. The van der Waals surface area contributed by atoms with Gasteiger partial charge >= 0.3 is 0 Å². The second-order valence-corrected chi connectivity index (χ2v) is 9.54. The van der Waals surface area contributed by atoms with Crippen LogP contribution in [-0.2, 0) is 13.0 Å². The lowest BCUT2D eigenvalue weighted by Gasteiger charge is -2.15. The maximum absolute atomic E-state index is 5.03. The molecule has 0 unspecified atom stereocenters. The van der Waals surface area contributed by atoms with E-state index in [2.05, 4.69) is 92.6 Å². The topological polar surface area (TPSA) is 87.9 Å². The van der Waals surface area contributed by atoms with E-state index < -0.39 is 0 Å². The number of H-pyrrole nitrogens is 1. The highest BCUT2D eigenvalue weighted by Crippen LogP contribution is 2.30. The minimum atomic E-state index is 0.665. The Morgan fingerprint density at radius 2 is 1.76 bits per heavy atom. The summed E-state index contributed by atoms with van der Waals surface area (Å²) in [4.78, 5) is 12.0. The maximum Gasteiger partial charge on any atom is 0.180 e. The van der Waals surface area contributed by atoms with Crippen LogP contribution in [0.5, 0.6) is 0 Å². The zero-order valence-corrected chi connectivity index (χ0v) is 21.2. The number of imidazole rings is 1. The monoisotopic (exact) mass is 490 g/mol. The number of hydrogen-bond donors (Lipinski definition) is 1. The number of aromatic amines is 1. The molecule has 0 bridgehead atoms. The summed E-state index contributed by atoms with van der Waals surface area (Å²) in [5.41, 5.74) is 7.80. The Bertz CT molecular complexity index is 1550. The van der Waals surface area contributed by atoms with Crippen LogP contribution in [0.15, 0.2) is 71.7 Å². The molecule has 3 heterocycles. The van der Waals surface area contributed by atoms with Gasteiger partial charge < -0.3 is 9.47 Å². The highest BCUT2D eigenvalue weighted by molar-refractivity contribution is 6.02. The molecule has 0 saturated carbocycles. The van der Waals surface area contributed by atoms with Crippen molar-refractivity contribution >= 4 is 16.9 Å². The lowest BCUT2D eigenvalue weighted by Crippen LogP contribution is -2.23. The Labute approximate surface area is 216 Å². The fourth-order valence-electron chi connectivity index (χ4n) is 5.04. The standard InChI is InChI=1S/C29H30N8/c1-3-4-9-27-31-25-15-14-22(29-30-16-17-36(29)2)18-26(25)37(27)19-20-10-12-21(13-11-20)23-7-5-6-8-24(23)28-32-34-35-33-28/h5-8,10-15,18H,3-4,9,16-17,19H2,1-2H3,(H,32,33,34,35). The molecule has 0 spiro atoms. The number of rotatable bonds is 8. The highest BCUT2D eigenvalue weighted by atomic mass is 15.5. The summed E-state index contributed by atoms with van der Waals surface area (Å²) in [5.74, 6) is 2.87. The van der Waals surface area contributed by atoms with Gasteiger partial charge in [0, 0.05) is 37.7 Å². The number of likely N-dealkylation sites (N-methyl/N-ethyl adjacent to an activating group) is 1. The summed E-state index contributed by atoms with van der Waals surface area (Å²) < 4.78 is 2.38. The summed E-state index contributed by atoms with van der Waals surface area (Å²) in [7, 11) is 2.11. The van der Waals surface area contributed by atoms with Crippen molar-refractivity contribution in [3.8, 4) is 22.5 Å². The third-order valence-corrected chi connectivity index (χ3v) is 7.03. The van der Waals surface area contributed by atoms with Crippen molar-refractivity contribution in [2.24, 2.45) is 4.99 Å². The number of fused-ring (bicyclic) bond motifs is 1. The van der Waals surface area contributed by atoms with Crippen LogP contribution < -0.4 is 0 Å². The quantitative estimate of drug-likeness (QED) is 0.332. The van der Waals surface area contributed by atoms with Gasteiger partial charge in [0.25, 0.3) is 0 Å². The number of benzene rings is 3. The van der Waals surface area contributed by atoms with E-state index in [1.807, 2.05) is 18.2 Å². The number of amidine groups is 1. The molecule has 6 rings (SSSR count). The van der Waals surface area contributed by atoms with Crippen molar-refractivity contribution in [2.75, 3.05) is 20.1 Å². The summed E-state index contributed by atoms with van der Waals surface area (Å²) in [6, 6.07) is 23.5. The minimum Gasteiger partial charge on any atom is -0.358 e. The Morgan fingerprint density at radius 3 is 2.49 bits per heavy atom. The molecule has 5 aromatic rings. The zero-order valence-electron chi connectivity index (χ0n) is 21.2. The lowest BCUT2D eigenvalue weighted by molar-refractivity contribution is 0.557. The van der Waals surface area contributed by atoms with E-state index >= 15 is 0 Å². The number of hydrogen-bond acceptors (Lipinski definition) is 6. The van der Waals surface area contributed by atoms with Gasteiger partial charge in [0.1, 0.15) is 11.7 Å². The largest absolute Gasteiger partial charge is 0.358 e. The molecule has 186 valence electrons. The molecule has 8 heteroatoms. The number of unbranched alkanes of at least 4 members (excludes halogenated alkanes) is 1. The number of nitrogens with one attached hydrogen (secondary N) is 1. The average Bonchev–Trinajstić information content (AvgIpc) is 3.69. The molecule has 0 saturated heterocycles. The molecule has 0 amide bonds. The van der Waals surface area contributed by atoms with E-state index in [0.29, 0.717) is 5.82 Å². The zero-order chi connectivity index (χ0) is 25.2. The van der Waals surface area contributed by atoms with Crippen molar-refractivity contribution < 1.29 is 0 Å². The van der Waals surface area contributed by atoms with E-state index in [9.17, 15) is 0 Å². The van der Waals surface area contributed by atoms with Crippen molar-refractivity contribution in [2.45, 2.75) is 32.7 Å². The van der Waals surface area contributed by atoms with Gasteiger partial charge in [-0.25, -0.2) is 10.1 Å². The normalized spacial score (nSPS) is 13.5. The predicted octanol–water partition coefficient (Wildman–Crippen LogP) is 4.97. The fraction of sp³-hybridized carbons (Fsp3) is 0.276. The van der Waals surface area contributed by atoms with Crippen LogP contribution in [0.3, 0.4) is 0 Å². The van der Waals surface area contributed by atoms with Crippen molar-refractivity contribution in [3.63, 3.8) is 0 Å². The van der Waals surface area contributed by atoms with Gasteiger partial charge in [0.2, 0.25) is 0 Å². The van der Waals surface area contributed by atoms with Gasteiger partial charge in [0.15, 0.2) is 5.82 Å². The third kappa shape index (κ3) is 4.50. The van der Waals surface area contributed by atoms with Gasteiger partial charge in [-0.3, -0.25) is 4.99 Å². The van der Waals surface area contributed by atoms with E-state index in [1.165, 1.54) is 11.1 Å². The van der Waals surface area contributed by atoms with Crippen LogP contribution in [0, 0.1) is 0 Å². The summed E-state index contributed by atoms with van der Waals surface area (Å²) in [6.07, 6.45) is 3.24. The third-order valence-electron chi connectivity index (χ3n) is 7.03. The van der Waals surface area contributed by atoms with Crippen LogP contribution in [-0.4, -0.2) is 61.0 Å². The van der Waals surface area contributed by atoms with E-state index in [1.54, 1.807) is 0 Å². The van der Waals surface area contributed by atoms with Crippen LogP contribution in [0.2, 0.25) is 0 Å². The van der Waals surface area contributed by atoms with E-state index in [-0.39, 0.29) is 0 Å². The summed E-state index contributed by atoms with van der Waals surface area (Å²) in [6.45, 7) is 4.82. The number of aryl methyl sites for hydroxylation is 1. The van der Waals surface area contributed by atoms with E-state index in [0.717, 1.165) is 78.3 Å². The van der Waals surface area contributed by atoms with Crippen molar-refractivity contribution in [1.29, 1.82) is 0 Å². The number of aromatic nitrogens is 6. The van der Waals surface area contributed by atoms with Crippen LogP contribution in [0.25, 0.3) is 33.5 Å². The molecule has 0 atom stereocenters. The fourth-order valence-corrected chi connectivity index (χ4v) is 5.04. The molecule has 1 N–H and O–H groups in total. The number of aliphatic imine (C=N–C) groups is 1. The number of tetrazole rings is 1.